The topological polar surface area (TPSA) is 183 Å². The van der Waals surface area contributed by atoms with E-state index in [0.717, 1.165) is 0 Å². The molecule has 0 saturated carbocycles. The normalized spacial score (nSPS) is 23.5. The molecule has 3 atom stereocenters. The van der Waals surface area contributed by atoms with E-state index in [9.17, 15) is 34.8 Å². The molecule has 2 aliphatic rings. The van der Waals surface area contributed by atoms with Crippen LogP contribution in [0.3, 0.4) is 0 Å². The first kappa shape index (κ1) is 28.1. The second-order valence-corrected chi connectivity index (χ2v) is 9.48. The van der Waals surface area contributed by atoms with E-state index in [2.05, 4.69) is 10.5 Å². The van der Waals surface area contributed by atoms with E-state index in [4.69, 9.17) is 5.73 Å². The van der Waals surface area contributed by atoms with E-state index in [1.54, 1.807) is 32.9 Å². The fourth-order valence-electron chi connectivity index (χ4n) is 5.25. The number of aryl methyl sites for hydroxylation is 2. The minimum Gasteiger partial charge on any atom is -0.508 e. The maximum atomic E-state index is 13.8. The lowest BCUT2D eigenvalue weighted by molar-refractivity contribution is -0.123. The number of carbonyl (C=O) groups excluding carboxylic acids is 3. The molecule has 4 rings (SSSR count). The second-order valence-electron chi connectivity index (χ2n) is 9.48. The molecule has 7 N–H and O–H groups in total. The van der Waals surface area contributed by atoms with E-state index >= 15 is 0 Å². The fraction of sp³-hybridized carbons (Fsp3) is 0.385. The molecule has 10 nitrogen and oxygen atoms in total. The van der Waals surface area contributed by atoms with Crippen LogP contribution in [0.5, 0.6) is 11.5 Å². The molecule has 0 bridgehead atoms. The SMILES string of the molecule is CCCC(=O)N/N=C(\C)C1=C(O)[C@@]2(O)C(=O)c3c(c(C)c4ccc(C)c(O)c4c3O)C[C@H]2[C@@H](N)C1=O.Cl. The van der Waals surface area contributed by atoms with Crippen molar-refractivity contribution in [2.75, 3.05) is 0 Å². The Kier molecular flexibility index (Phi) is 7.42. The van der Waals surface area contributed by atoms with E-state index in [1.807, 2.05) is 0 Å². The highest BCUT2D eigenvalue weighted by Gasteiger charge is 2.60. The molecule has 2 aliphatic carbocycles. The van der Waals surface area contributed by atoms with Gasteiger partial charge in [0.1, 0.15) is 17.3 Å². The van der Waals surface area contributed by atoms with Crippen LogP contribution in [0.1, 0.15) is 53.7 Å². The van der Waals surface area contributed by atoms with Gasteiger partial charge in [0.05, 0.1) is 28.3 Å². The predicted molar refractivity (Wildman–Crippen MR) is 139 cm³/mol. The van der Waals surface area contributed by atoms with E-state index < -0.39 is 52.1 Å². The third-order valence-electron chi connectivity index (χ3n) is 7.31. The lowest BCUT2D eigenvalue weighted by Crippen LogP contribution is -2.63. The zero-order chi connectivity index (χ0) is 26.7. The van der Waals surface area contributed by atoms with Crippen molar-refractivity contribution in [3.05, 3.63) is 45.7 Å². The summed E-state index contributed by atoms with van der Waals surface area (Å²) >= 11 is 0. The summed E-state index contributed by atoms with van der Waals surface area (Å²) in [4.78, 5) is 38.8. The number of ketones is 2. The summed E-state index contributed by atoms with van der Waals surface area (Å²) in [5.41, 5.74) is 6.45. The van der Waals surface area contributed by atoms with Crippen LogP contribution in [0.25, 0.3) is 10.8 Å². The Labute approximate surface area is 219 Å². The maximum absolute atomic E-state index is 13.8. The molecule has 37 heavy (non-hydrogen) atoms. The lowest BCUT2D eigenvalue weighted by Gasteiger charge is -2.45. The van der Waals surface area contributed by atoms with Crippen molar-refractivity contribution in [3.8, 4) is 11.5 Å². The summed E-state index contributed by atoms with van der Waals surface area (Å²) in [6, 6.07) is 2.01. The van der Waals surface area contributed by atoms with Gasteiger partial charge in [-0.2, -0.15) is 5.10 Å². The molecule has 1 amide bonds. The molecule has 0 saturated heterocycles. The van der Waals surface area contributed by atoms with Crippen molar-refractivity contribution < 1.29 is 34.8 Å². The summed E-state index contributed by atoms with van der Waals surface area (Å²) in [7, 11) is 0. The number of nitrogens with one attached hydrogen (secondary N) is 1. The minimum absolute atomic E-state index is 0. The largest absolute Gasteiger partial charge is 0.508 e. The number of amides is 1. The van der Waals surface area contributed by atoms with Crippen LogP contribution >= 0.6 is 12.4 Å². The first-order valence-corrected chi connectivity index (χ1v) is 11.7. The van der Waals surface area contributed by atoms with Crippen LogP contribution in [-0.2, 0) is 16.0 Å². The van der Waals surface area contributed by atoms with Gasteiger partial charge < -0.3 is 26.2 Å². The van der Waals surface area contributed by atoms with E-state index in [-0.39, 0.29) is 47.7 Å². The van der Waals surface area contributed by atoms with Crippen LogP contribution < -0.4 is 11.2 Å². The minimum atomic E-state index is -2.63. The quantitative estimate of drug-likeness (QED) is 0.256. The molecule has 0 radical (unpaired) electrons. The molecule has 0 aromatic heterocycles. The lowest BCUT2D eigenvalue weighted by atomic mass is 9.61. The molecule has 198 valence electrons. The van der Waals surface area contributed by atoms with E-state index in [1.165, 1.54) is 6.92 Å². The number of phenols is 2. The number of aliphatic hydroxyl groups is 2. The smallest absolute Gasteiger partial charge is 0.240 e. The molecular formula is C26H30ClN3O7. The van der Waals surface area contributed by atoms with Gasteiger partial charge in [0.2, 0.25) is 11.7 Å². The summed E-state index contributed by atoms with van der Waals surface area (Å²) in [5, 5.41) is 48.9. The monoisotopic (exact) mass is 531 g/mol. The first-order valence-electron chi connectivity index (χ1n) is 11.7. The Morgan fingerprint density at radius 1 is 1.19 bits per heavy atom. The predicted octanol–water partition coefficient (Wildman–Crippen LogP) is 2.39. The first-order chi connectivity index (χ1) is 16.9. The molecule has 2 aromatic rings. The molecule has 0 spiro atoms. The molecule has 11 heteroatoms. The van der Waals surface area contributed by atoms with Gasteiger partial charge in [-0.05, 0) is 55.7 Å². The van der Waals surface area contributed by atoms with Crippen molar-refractivity contribution in [2.24, 2.45) is 16.8 Å². The highest BCUT2D eigenvalue weighted by atomic mass is 35.5. The number of nitrogens with zero attached hydrogens (tertiary/aromatic N) is 1. The number of hydrogen-bond donors (Lipinski definition) is 6. The molecule has 0 fully saturated rings. The number of benzene rings is 2. The Morgan fingerprint density at radius 2 is 1.84 bits per heavy atom. The average Bonchev–Trinajstić information content (AvgIpc) is 2.83. The third kappa shape index (κ3) is 3.96. The molecule has 0 heterocycles. The number of nitrogens with two attached hydrogens (primary N) is 1. The number of phenolic OH excluding ortho intramolecular Hbond substituents is 2. The number of rotatable bonds is 4. The summed E-state index contributed by atoms with van der Waals surface area (Å²) in [6.45, 7) is 6.49. The van der Waals surface area contributed by atoms with Gasteiger partial charge in [-0.25, -0.2) is 5.43 Å². The summed E-state index contributed by atoms with van der Waals surface area (Å²) < 4.78 is 0. The number of fused-ring (bicyclic) bond motifs is 3. The standard InChI is InChI=1S/C26H29N3O7.ClH/c1-5-6-16(30)29-28-12(4)17-23(33)20(27)15-9-14-11(3)13-8-7-10(2)21(31)18(13)22(32)19(14)25(35)26(15,36)24(17)34;/h7-8,15,20,31-32,34,36H,5-6,9,27H2,1-4H3,(H,29,30);1H/b28-12+;/t15-,20+,26+;/m0./s1. The van der Waals surface area contributed by atoms with Gasteiger partial charge in [-0.3, -0.25) is 14.4 Å². The zero-order valence-corrected chi connectivity index (χ0v) is 21.7. The van der Waals surface area contributed by atoms with Crippen LogP contribution in [0.4, 0.5) is 0 Å². The van der Waals surface area contributed by atoms with Crippen molar-refractivity contribution >= 4 is 46.4 Å². The number of aromatic hydroxyl groups is 2. The van der Waals surface area contributed by atoms with Gasteiger partial charge in [0.25, 0.3) is 0 Å². The van der Waals surface area contributed by atoms with Crippen molar-refractivity contribution in [1.29, 1.82) is 0 Å². The zero-order valence-electron chi connectivity index (χ0n) is 20.9. The molecule has 2 aromatic carbocycles. The highest BCUT2D eigenvalue weighted by molar-refractivity contribution is 6.27. The molecular weight excluding hydrogens is 502 g/mol. The third-order valence-corrected chi connectivity index (χ3v) is 7.31. The number of carbonyl (C=O) groups is 3. The molecule has 0 aliphatic heterocycles. The van der Waals surface area contributed by atoms with Gasteiger partial charge in [0.15, 0.2) is 11.4 Å². The number of halogens is 1. The van der Waals surface area contributed by atoms with Crippen molar-refractivity contribution in [2.45, 2.75) is 58.6 Å². The fourth-order valence-corrected chi connectivity index (χ4v) is 5.25. The Balaban J connectivity index is 0.00000380. The average molecular weight is 532 g/mol. The highest BCUT2D eigenvalue weighted by Crippen LogP contribution is 2.50. The number of Topliss-reactive ketones (excluding diaryl/α,β-unsaturated/α-hetero) is 2. The second kappa shape index (κ2) is 9.77. The maximum Gasteiger partial charge on any atom is 0.240 e. The van der Waals surface area contributed by atoms with Crippen molar-refractivity contribution in [3.63, 3.8) is 0 Å². The number of hydrazone groups is 1. The number of aliphatic hydroxyl groups excluding tert-OH is 1. The van der Waals surface area contributed by atoms with Crippen LogP contribution in [-0.4, -0.2) is 55.3 Å². The van der Waals surface area contributed by atoms with Crippen LogP contribution in [0.15, 0.2) is 28.6 Å². The van der Waals surface area contributed by atoms with Gasteiger partial charge in [0, 0.05) is 12.3 Å². The van der Waals surface area contributed by atoms with E-state index in [0.29, 0.717) is 28.5 Å². The van der Waals surface area contributed by atoms with Gasteiger partial charge in [-0.15, -0.1) is 12.4 Å². The molecule has 0 unspecified atom stereocenters. The Morgan fingerprint density at radius 3 is 2.46 bits per heavy atom. The summed E-state index contributed by atoms with van der Waals surface area (Å²) in [5.74, 6) is -5.08. The van der Waals surface area contributed by atoms with Crippen molar-refractivity contribution in [1.82, 2.24) is 5.43 Å². The summed E-state index contributed by atoms with van der Waals surface area (Å²) in [6.07, 6.45) is 0.671. The number of hydrogen-bond acceptors (Lipinski definition) is 9. The van der Waals surface area contributed by atoms with Crippen LogP contribution in [0.2, 0.25) is 0 Å². The Bertz CT molecular complexity index is 1420. The Hall–Kier alpha value is -3.47. The van der Waals surface area contributed by atoms with Gasteiger partial charge >= 0.3 is 0 Å². The van der Waals surface area contributed by atoms with Gasteiger partial charge in [-0.1, -0.05) is 19.1 Å². The van der Waals surface area contributed by atoms with Crippen LogP contribution in [0, 0.1) is 19.8 Å².